The number of hydrogen-bond acceptors (Lipinski definition) is 4. The standard InChI is InChI=1S/C22H16N4O2/c1-13-20(14(2)25-26-21(13)27)16-5-8-18(9-6-16)28-22-19-12-17(23-3)7-4-15(19)10-11-24-22/h4-12H,1-2H3,(H,26,27). The van der Waals surface area contributed by atoms with Crippen molar-refractivity contribution in [1.29, 1.82) is 0 Å². The summed E-state index contributed by atoms with van der Waals surface area (Å²) in [5.41, 5.74) is 3.43. The van der Waals surface area contributed by atoms with E-state index in [1.165, 1.54) is 0 Å². The number of nitrogens with one attached hydrogen (secondary N) is 1. The van der Waals surface area contributed by atoms with Gasteiger partial charge in [-0.25, -0.2) is 14.9 Å². The van der Waals surface area contributed by atoms with Gasteiger partial charge in [0.1, 0.15) is 5.75 Å². The first kappa shape index (κ1) is 17.4. The number of nitrogens with zero attached hydrogens (tertiary/aromatic N) is 3. The summed E-state index contributed by atoms with van der Waals surface area (Å²) in [6.45, 7) is 10.8. The second kappa shape index (κ2) is 6.97. The van der Waals surface area contributed by atoms with Gasteiger partial charge in [-0.15, -0.1) is 0 Å². The molecule has 0 atom stereocenters. The van der Waals surface area contributed by atoms with E-state index in [2.05, 4.69) is 20.0 Å². The van der Waals surface area contributed by atoms with Crippen LogP contribution in [-0.4, -0.2) is 15.2 Å². The van der Waals surface area contributed by atoms with Crippen molar-refractivity contribution < 1.29 is 4.74 Å². The highest BCUT2D eigenvalue weighted by atomic mass is 16.5. The van der Waals surface area contributed by atoms with Crippen molar-refractivity contribution in [2.24, 2.45) is 0 Å². The fraction of sp³-hybridized carbons (Fsp3) is 0.0909. The van der Waals surface area contributed by atoms with Crippen molar-refractivity contribution in [2.75, 3.05) is 0 Å². The van der Waals surface area contributed by atoms with E-state index in [0.717, 1.165) is 27.6 Å². The third-order valence-corrected chi connectivity index (χ3v) is 4.60. The van der Waals surface area contributed by atoms with Crippen LogP contribution in [0, 0.1) is 20.4 Å². The van der Waals surface area contributed by atoms with E-state index < -0.39 is 0 Å². The molecule has 6 nitrogen and oxygen atoms in total. The van der Waals surface area contributed by atoms with Crippen molar-refractivity contribution in [3.8, 4) is 22.8 Å². The lowest BCUT2D eigenvalue weighted by Crippen LogP contribution is -2.14. The lowest BCUT2D eigenvalue weighted by Gasteiger charge is -2.11. The van der Waals surface area contributed by atoms with Crippen LogP contribution in [0.2, 0.25) is 0 Å². The minimum Gasteiger partial charge on any atom is -0.438 e. The zero-order chi connectivity index (χ0) is 19.7. The minimum atomic E-state index is -0.198. The first-order chi connectivity index (χ1) is 13.6. The Labute approximate surface area is 161 Å². The number of ether oxygens (including phenoxy) is 1. The summed E-state index contributed by atoms with van der Waals surface area (Å²) < 4.78 is 5.97. The highest BCUT2D eigenvalue weighted by molar-refractivity contribution is 5.90. The molecule has 0 aliphatic rings. The maximum absolute atomic E-state index is 11.9. The number of hydrogen-bond donors (Lipinski definition) is 1. The Balaban J connectivity index is 1.70. The summed E-state index contributed by atoms with van der Waals surface area (Å²) in [5, 5.41) is 8.28. The summed E-state index contributed by atoms with van der Waals surface area (Å²) in [6.07, 6.45) is 1.68. The summed E-state index contributed by atoms with van der Waals surface area (Å²) in [6, 6.07) is 14.7. The zero-order valence-corrected chi connectivity index (χ0v) is 15.4. The van der Waals surface area contributed by atoms with Crippen molar-refractivity contribution in [3.05, 3.63) is 87.8 Å². The normalized spacial score (nSPS) is 10.6. The van der Waals surface area contributed by atoms with Crippen molar-refractivity contribution in [2.45, 2.75) is 13.8 Å². The highest BCUT2D eigenvalue weighted by Gasteiger charge is 2.11. The third kappa shape index (κ3) is 3.10. The molecule has 0 amide bonds. The molecule has 136 valence electrons. The predicted octanol–water partition coefficient (Wildman–Crippen LogP) is 4.95. The molecule has 0 fully saturated rings. The number of aromatic nitrogens is 3. The Kier molecular flexibility index (Phi) is 4.34. The molecule has 4 aromatic rings. The molecule has 0 aliphatic carbocycles. The van der Waals surface area contributed by atoms with Gasteiger partial charge in [-0.05, 0) is 49.1 Å². The summed E-state index contributed by atoms with van der Waals surface area (Å²) in [7, 11) is 0. The molecule has 0 saturated carbocycles. The molecule has 28 heavy (non-hydrogen) atoms. The molecule has 2 aromatic heterocycles. The molecule has 1 N–H and O–H groups in total. The molecule has 0 spiro atoms. The van der Waals surface area contributed by atoms with E-state index in [0.29, 0.717) is 22.9 Å². The van der Waals surface area contributed by atoms with Gasteiger partial charge in [0.25, 0.3) is 5.56 Å². The van der Waals surface area contributed by atoms with Crippen LogP contribution in [0.1, 0.15) is 11.3 Å². The van der Waals surface area contributed by atoms with E-state index in [9.17, 15) is 4.79 Å². The Morgan fingerprint density at radius 2 is 1.86 bits per heavy atom. The van der Waals surface area contributed by atoms with Gasteiger partial charge < -0.3 is 4.74 Å². The molecular weight excluding hydrogens is 352 g/mol. The van der Waals surface area contributed by atoms with E-state index in [4.69, 9.17) is 11.3 Å². The fourth-order valence-corrected chi connectivity index (χ4v) is 3.17. The van der Waals surface area contributed by atoms with Crippen LogP contribution in [0.4, 0.5) is 5.69 Å². The molecule has 0 saturated heterocycles. The first-order valence-electron chi connectivity index (χ1n) is 8.67. The number of pyridine rings is 1. The topological polar surface area (TPSA) is 72.2 Å². The van der Waals surface area contributed by atoms with Crippen molar-refractivity contribution in [1.82, 2.24) is 15.2 Å². The molecule has 4 rings (SSSR count). The largest absolute Gasteiger partial charge is 0.438 e. The number of H-pyrrole nitrogens is 1. The average Bonchev–Trinajstić information content (AvgIpc) is 2.72. The summed E-state index contributed by atoms with van der Waals surface area (Å²) >= 11 is 0. The van der Waals surface area contributed by atoms with Crippen LogP contribution in [0.3, 0.4) is 0 Å². The molecule has 0 aliphatic heterocycles. The zero-order valence-electron chi connectivity index (χ0n) is 15.4. The fourth-order valence-electron chi connectivity index (χ4n) is 3.17. The summed E-state index contributed by atoms with van der Waals surface area (Å²) in [4.78, 5) is 19.7. The number of aromatic amines is 1. The van der Waals surface area contributed by atoms with Gasteiger partial charge in [0.2, 0.25) is 5.88 Å². The molecular formula is C22H16N4O2. The number of fused-ring (bicyclic) bond motifs is 1. The molecule has 6 heteroatoms. The van der Waals surface area contributed by atoms with Crippen LogP contribution < -0.4 is 10.3 Å². The third-order valence-electron chi connectivity index (χ3n) is 4.60. The van der Waals surface area contributed by atoms with Gasteiger partial charge in [-0.3, -0.25) is 4.79 Å². The van der Waals surface area contributed by atoms with Gasteiger partial charge >= 0.3 is 0 Å². The Hall–Kier alpha value is -3.98. The molecule has 0 unspecified atom stereocenters. The predicted molar refractivity (Wildman–Crippen MR) is 108 cm³/mol. The quantitative estimate of drug-likeness (QED) is 0.520. The van der Waals surface area contributed by atoms with E-state index in [-0.39, 0.29) is 5.56 Å². The van der Waals surface area contributed by atoms with Crippen LogP contribution >= 0.6 is 0 Å². The number of rotatable bonds is 3. The second-order valence-corrected chi connectivity index (χ2v) is 6.40. The summed E-state index contributed by atoms with van der Waals surface area (Å²) in [5.74, 6) is 1.06. The maximum atomic E-state index is 11.9. The van der Waals surface area contributed by atoms with Crippen molar-refractivity contribution in [3.63, 3.8) is 0 Å². The average molecular weight is 368 g/mol. The minimum absolute atomic E-state index is 0.198. The Morgan fingerprint density at radius 3 is 2.61 bits per heavy atom. The van der Waals surface area contributed by atoms with Gasteiger partial charge in [-0.2, -0.15) is 5.10 Å². The number of benzene rings is 2. The molecule has 0 bridgehead atoms. The number of aryl methyl sites for hydroxylation is 1. The van der Waals surface area contributed by atoms with Gasteiger partial charge in [0.05, 0.1) is 12.3 Å². The monoisotopic (exact) mass is 368 g/mol. The van der Waals surface area contributed by atoms with Gasteiger partial charge in [0, 0.05) is 22.7 Å². The Bertz CT molecular complexity index is 1280. The van der Waals surface area contributed by atoms with E-state index >= 15 is 0 Å². The molecule has 2 heterocycles. The van der Waals surface area contributed by atoms with Gasteiger partial charge in [-0.1, -0.05) is 24.3 Å². The van der Waals surface area contributed by atoms with Crippen LogP contribution in [0.25, 0.3) is 26.7 Å². The smallest absolute Gasteiger partial charge is 0.267 e. The van der Waals surface area contributed by atoms with Crippen LogP contribution in [0.15, 0.2) is 59.5 Å². The molecule has 0 radical (unpaired) electrons. The SMILES string of the molecule is [C-]#[N+]c1ccc2ccnc(Oc3ccc(-c4c(C)n[nH]c(=O)c4C)cc3)c2c1. The highest BCUT2D eigenvalue weighted by Crippen LogP contribution is 2.32. The maximum Gasteiger partial charge on any atom is 0.267 e. The van der Waals surface area contributed by atoms with Crippen molar-refractivity contribution >= 4 is 16.5 Å². The van der Waals surface area contributed by atoms with Crippen LogP contribution in [0.5, 0.6) is 11.6 Å². The second-order valence-electron chi connectivity index (χ2n) is 6.40. The first-order valence-corrected chi connectivity index (χ1v) is 8.67. The Morgan fingerprint density at radius 1 is 1.07 bits per heavy atom. The molecule has 2 aromatic carbocycles. The van der Waals surface area contributed by atoms with Crippen LogP contribution in [-0.2, 0) is 0 Å². The van der Waals surface area contributed by atoms with Gasteiger partial charge in [0.15, 0.2) is 5.69 Å². The lowest BCUT2D eigenvalue weighted by molar-refractivity contribution is 0.469. The lowest BCUT2D eigenvalue weighted by atomic mass is 10.0. The van der Waals surface area contributed by atoms with E-state index in [1.54, 1.807) is 25.3 Å². The van der Waals surface area contributed by atoms with E-state index in [1.807, 2.05) is 43.3 Å².